The lowest BCUT2D eigenvalue weighted by Crippen LogP contribution is -2.46. The highest BCUT2D eigenvalue weighted by Gasteiger charge is 2.29. The monoisotopic (exact) mass is 334 g/mol. The topological polar surface area (TPSA) is 78.9 Å². The van der Waals surface area contributed by atoms with Gasteiger partial charge < -0.3 is 20.1 Å². The van der Waals surface area contributed by atoms with Gasteiger partial charge in [-0.25, -0.2) is 0 Å². The van der Waals surface area contributed by atoms with E-state index in [9.17, 15) is 9.59 Å². The summed E-state index contributed by atoms with van der Waals surface area (Å²) in [5.41, 5.74) is 1.14. The zero-order chi connectivity index (χ0) is 17.4. The number of aliphatic hydroxyl groups is 1. The first-order valence-electron chi connectivity index (χ1n) is 8.43. The molecule has 6 nitrogen and oxygen atoms in total. The second-order valence-corrected chi connectivity index (χ2v) is 6.04. The van der Waals surface area contributed by atoms with Gasteiger partial charge >= 0.3 is 0 Å². The molecular formula is C18H26N2O4. The van der Waals surface area contributed by atoms with Gasteiger partial charge in [-0.05, 0) is 37.0 Å². The molecule has 1 aromatic rings. The van der Waals surface area contributed by atoms with Crippen LogP contribution in [0.4, 0.5) is 0 Å². The summed E-state index contributed by atoms with van der Waals surface area (Å²) in [6.45, 7) is 1.63. The molecule has 0 aromatic heterocycles. The fourth-order valence-electron chi connectivity index (χ4n) is 2.84. The molecule has 2 amide bonds. The number of hydrogen-bond acceptors (Lipinski definition) is 4. The van der Waals surface area contributed by atoms with Crippen LogP contribution in [0, 0.1) is 5.92 Å². The van der Waals surface area contributed by atoms with E-state index < -0.39 is 0 Å². The van der Waals surface area contributed by atoms with Crippen molar-refractivity contribution in [3.8, 4) is 5.75 Å². The molecule has 1 heterocycles. The van der Waals surface area contributed by atoms with Crippen molar-refractivity contribution in [2.24, 2.45) is 5.92 Å². The van der Waals surface area contributed by atoms with Crippen molar-refractivity contribution in [3.05, 3.63) is 29.8 Å². The van der Waals surface area contributed by atoms with Crippen LogP contribution in [0.2, 0.25) is 0 Å². The number of ether oxygens (including phenoxy) is 1. The molecule has 1 saturated heterocycles. The van der Waals surface area contributed by atoms with E-state index in [1.54, 1.807) is 12.0 Å². The van der Waals surface area contributed by atoms with Crippen LogP contribution >= 0.6 is 0 Å². The maximum atomic E-state index is 12.1. The third-order valence-electron chi connectivity index (χ3n) is 4.33. The maximum absolute atomic E-state index is 12.1. The summed E-state index contributed by atoms with van der Waals surface area (Å²) in [6.07, 6.45) is 2.33. The van der Waals surface area contributed by atoms with Crippen LogP contribution in [0.3, 0.4) is 0 Å². The fraction of sp³-hybridized carbons (Fsp3) is 0.556. The second kappa shape index (κ2) is 9.27. The van der Waals surface area contributed by atoms with E-state index in [0.717, 1.165) is 17.7 Å². The third-order valence-corrected chi connectivity index (χ3v) is 4.33. The van der Waals surface area contributed by atoms with Crippen molar-refractivity contribution in [1.82, 2.24) is 10.2 Å². The van der Waals surface area contributed by atoms with Crippen molar-refractivity contribution >= 4 is 11.8 Å². The van der Waals surface area contributed by atoms with Gasteiger partial charge in [0.1, 0.15) is 5.75 Å². The minimum Gasteiger partial charge on any atom is -0.497 e. The Morgan fingerprint density at radius 3 is 2.79 bits per heavy atom. The summed E-state index contributed by atoms with van der Waals surface area (Å²) in [7, 11) is 1.63. The van der Waals surface area contributed by atoms with Crippen molar-refractivity contribution in [1.29, 1.82) is 0 Å². The summed E-state index contributed by atoms with van der Waals surface area (Å²) < 4.78 is 5.14. The van der Waals surface area contributed by atoms with Gasteiger partial charge in [0, 0.05) is 32.7 Å². The maximum Gasteiger partial charge on any atom is 0.224 e. The number of rotatable bonds is 8. The number of carbonyl (C=O) groups is 2. The first-order chi connectivity index (χ1) is 11.6. The van der Waals surface area contributed by atoms with E-state index in [1.807, 2.05) is 24.3 Å². The van der Waals surface area contributed by atoms with Crippen LogP contribution in [0.15, 0.2) is 24.3 Å². The van der Waals surface area contributed by atoms with Gasteiger partial charge in [-0.2, -0.15) is 0 Å². The molecule has 1 aliphatic heterocycles. The molecule has 2 N–H and O–H groups in total. The number of piperidine rings is 1. The van der Waals surface area contributed by atoms with Gasteiger partial charge in [-0.15, -0.1) is 0 Å². The highest BCUT2D eigenvalue weighted by Crippen LogP contribution is 2.19. The predicted molar refractivity (Wildman–Crippen MR) is 90.7 cm³/mol. The van der Waals surface area contributed by atoms with E-state index in [0.29, 0.717) is 38.9 Å². The van der Waals surface area contributed by atoms with Crippen molar-refractivity contribution in [3.63, 3.8) is 0 Å². The predicted octanol–water partition coefficient (Wildman–Crippen LogP) is 0.975. The quantitative estimate of drug-likeness (QED) is 0.695. The first-order valence-corrected chi connectivity index (χ1v) is 8.43. The average molecular weight is 334 g/mol. The van der Waals surface area contributed by atoms with Gasteiger partial charge in [0.05, 0.1) is 13.0 Å². The molecule has 132 valence electrons. The number of hydrogen-bond donors (Lipinski definition) is 2. The van der Waals surface area contributed by atoms with Gasteiger partial charge in [0.2, 0.25) is 11.8 Å². The van der Waals surface area contributed by atoms with Crippen LogP contribution in [0.1, 0.15) is 24.8 Å². The van der Waals surface area contributed by atoms with Crippen LogP contribution in [-0.4, -0.2) is 55.2 Å². The number of nitrogens with zero attached hydrogens (tertiary/aromatic N) is 1. The lowest BCUT2D eigenvalue weighted by molar-refractivity contribution is -0.138. The van der Waals surface area contributed by atoms with Gasteiger partial charge in [0.15, 0.2) is 0 Å². The Kier molecular flexibility index (Phi) is 7.06. The molecular weight excluding hydrogens is 308 g/mol. The summed E-state index contributed by atoms with van der Waals surface area (Å²) in [5.74, 6) is 0.748. The Morgan fingerprint density at radius 1 is 1.38 bits per heavy atom. The van der Waals surface area contributed by atoms with Crippen molar-refractivity contribution < 1.29 is 19.4 Å². The number of benzene rings is 1. The molecule has 2 rings (SSSR count). The minimum absolute atomic E-state index is 0.0228. The number of nitrogens with one attached hydrogen (secondary N) is 1. The minimum atomic E-state index is -0.155. The molecule has 6 heteroatoms. The molecule has 0 saturated carbocycles. The summed E-state index contributed by atoms with van der Waals surface area (Å²) >= 11 is 0. The van der Waals surface area contributed by atoms with E-state index in [2.05, 4.69) is 5.32 Å². The Hall–Kier alpha value is -2.08. The largest absolute Gasteiger partial charge is 0.497 e. The van der Waals surface area contributed by atoms with Gasteiger partial charge in [-0.3, -0.25) is 9.59 Å². The lowest BCUT2D eigenvalue weighted by atomic mass is 9.96. The summed E-state index contributed by atoms with van der Waals surface area (Å²) in [6, 6.07) is 7.80. The molecule has 0 aliphatic carbocycles. The molecule has 0 bridgehead atoms. The molecule has 1 unspecified atom stereocenters. The molecule has 0 radical (unpaired) electrons. The second-order valence-electron chi connectivity index (χ2n) is 6.04. The van der Waals surface area contributed by atoms with Crippen LogP contribution < -0.4 is 10.1 Å². The normalized spacial score (nSPS) is 17.7. The van der Waals surface area contributed by atoms with Crippen LogP contribution in [0.5, 0.6) is 5.75 Å². The number of methoxy groups -OCH3 is 1. The lowest BCUT2D eigenvalue weighted by Gasteiger charge is -2.32. The zero-order valence-electron chi connectivity index (χ0n) is 14.2. The van der Waals surface area contributed by atoms with Crippen LogP contribution in [0.25, 0.3) is 0 Å². The number of likely N-dealkylation sites (tertiary alicyclic amines) is 1. The summed E-state index contributed by atoms with van der Waals surface area (Å²) in [4.78, 5) is 26.0. The Labute approximate surface area is 142 Å². The van der Waals surface area contributed by atoms with E-state index >= 15 is 0 Å². The van der Waals surface area contributed by atoms with E-state index in [4.69, 9.17) is 9.84 Å². The van der Waals surface area contributed by atoms with Crippen molar-refractivity contribution in [2.45, 2.75) is 25.7 Å². The molecule has 1 fully saturated rings. The highest BCUT2D eigenvalue weighted by atomic mass is 16.5. The van der Waals surface area contributed by atoms with E-state index in [1.165, 1.54) is 0 Å². The number of carbonyl (C=O) groups excluding carboxylic acids is 2. The van der Waals surface area contributed by atoms with Gasteiger partial charge in [0.25, 0.3) is 0 Å². The highest BCUT2D eigenvalue weighted by molar-refractivity contribution is 5.83. The van der Waals surface area contributed by atoms with Gasteiger partial charge in [-0.1, -0.05) is 12.1 Å². The average Bonchev–Trinajstić information content (AvgIpc) is 2.61. The Bertz CT molecular complexity index is 544. The zero-order valence-corrected chi connectivity index (χ0v) is 14.2. The molecule has 1 aromatic carbocycles. The summed E-state index contributed by atoms with van der Waals surface area (Å²) in [5, 5.41) is 11.6. The Morgan fingerprint density at radius 2 is 2.12 bits per heavy atom. The first kappa shape index (κ1) is 18.3. The molecule has 1 atom stereocenters. The molecule has 1 aliphatic rings. The third kappa shape index (κ3) is 5.23. The SMILES string of the molecule is COc1ccc(CCN2CC(C(=O)NCCCO)CCC2=O)cc1. The number of aliphatic hydroxyl groups excluding tert-OH is 1. The number of amides is 2. The Balaban J connectivity index is 1.84. The molecule has 24 heavy (non-hydrogen) atoms. The standard InChI is InChI=1S/C18H26N2O4/c1-24-16-6-3-14(4-7-16)9-11-20-13-15(5-8-17(20)22)18(23)19-10-2-12-21/h3-4,6-7,15,21H,2,5,8-13H2,1H3,(H,19,23). The molecule has 0 spiro atoms. The van der Waals surface area contributed by atoms with Crippen LogP contribution in [-0.2, 0) is 16.0 Å². The smallest absolute Gasteiger partial charge is 0.224 e. The van der Waals surface area contributed by atoms with E-state index in [-0.39, 0.29) is 24.3 Å². The van der Waals surface area contributed by atoms with Crippen molar-refractivity contribution in [2.75, 3.05) is 33.4 Å². The fourth-order valence-corrected chi connectivity index (χ4v) is 2.84.